The summed E-state index contributed by atoms with van der Waals surface area (Å²) in [5.41, 5.74) is 0.219. The predicted molar refractivity (Wildman–Crippen MR) is 110 cm³/mol. The van der Waals surface area contributed by atoms with E-state index in [0.29, 0.717) is 43.1 Å². The highest BCUT2D eigenvalue weighted by molar-refractivity contribution is 7.92. The molecule has 1 fully saturated rings. The van der Waals surface area contributed by atoms with E-state index in [1.54, 1.807) is 12.1 Å². The molecular weight excluding hydrogens is 414 g/mol. The molecule has 11 heteroatoms. The van der Waals surface area contributed by atoms with Crippen LogP contribution < -0.4 is 14.8 Å². The Kier molecular flexibility index (Phi) is 6.84. The fourth-order valence-corrected chi connectivity index (χ4v) is 4.32. The Balaban J connectivity index is 1.50. The number of carbonyl (C=O) groups excluding carboxylic acids is 1. The zero-order valence-electron chi connectivity index (χ0n) is 16.8. The topological polar surface area (TPSA) is 134 Å². The molecule has 1 aromatic rings. The molecular formula is C19H27N3O7S. The van der Waals surface area contributed by atoms with Gasteiger partial charge in [-0.05, 0) is 18.2 Å². The standard InChI is InChI=1S/C19H27N3O7S/c1-30(26,27)21-14-2-3-17-15(12-14)16(23)13-19(29-17)4-7-22(8-5-19)9-11-28-10-6-20-18(24)25/h2-3,12,20-21H,4-11,13H2,1H3,(H,24,25). The van der Waals surface area contributed by atoms with Crippen molar-refractivity contribution in [1.82, 2.24) is 10.2 Å². The van der Waals surface area contributed by atoms with Gasteiger partial charge in [0.1, 0.15) is 11.4 Å². The first-order chi connectivity index (χ1) is 14.2. The fraction of sp³-hybridized carbons (Fsp3) is 0.579. The highest BCUT2D eigenvalue weighted by Gasteiger charge is 2.42. The summed E-state index contributed by atoms with van der Waals surface area (Å²) in [7, 11) is -3.42. The number of Topliss-reactive ketones (excluding diaryl/α,β-unsaturated/α-hetero) is 1. The molecule has 0 saturated carbocycles. The number of carbonyl (C=O) groups is 2. The van der Waals surface area contributed by atoms with Gasteiger partial charge in [-0.25, -0.2) is 13.2 Å². The number of fused-ring (bicyclic) bond motifs is 1. The highest BCUT2D eigenvalue weighted by atomic mass is 32.2. The molecule has 2 aliphatic rings. The molecule has 30 heavy (non-hydrogen) atoms. The van der Waals surface area contributed by atoms with Crippen LogP contribution in [0.25, 0.3) is 0 Å². The molecule has 3 rings (SSSR count). The summed E-state index contributed by atoms with van der Waals surface area (Å²) in [5.74, 6) is 0.448. The first kappa shape index (κ1) is 22.3. The molecule has 2 aliphatic heterocycles. The maximum absolute atomic E-state index is 12.7. The molecule has 0 atom stereocenters. The van der Waals surface area contributed by atoms with E-state index in [-0.39, 0.29) is 18.7 Å². The van der Waals surface area contributed by atoms with Crippen molar-refractivity contribution in [3.8, 4) is 5.75 Å². The van der Waals surface area contributed by atoms with Crippen LogP contribution in [-0.4, -0.2) is 81.6 Å². The van der Waals surface area contributed by atoms with Crippen LogP contribution in [-0.2, 0) is 14.8 Å². The van der Waals surface area contributed by atoms with Gasteiger partial charge in [-0.15, -0.1) is 0 Å². The molecule has 2 heterocycles. The monoisotopic (exact) mass is 441 g/mol. The Morgan fingerprint density at radius 1 is 1.30 bits per heavy atom. The smallest absolute Gasteiger partial charge is 0.404 e. The summed E-state index contributed by atoms with van der Waals surface area (Å²) in [6.07, 6.45) is 1.69. The van der Waals surface area contributed by atoms with E-state index in [2.05, 4.69) is 14.9 Å². The quantitative estimate of drug-likeness (QED) is 0.511. The molecule has 10 nitrogen and oxygen atoms in total. The second-order valence-electron chi connectivity index (χ2n) is 7.66. The van der Waals surface area contributed by atoms with Crippen molar-refractivity contribution in [2.24, 2.45) is 0 Å². The molecule has 0 bridgehead atoms. The minimum atomic E-state index is -3.42. The van der Waals surface area contributed by atoms with Crippen molar-refractivity contribution in [2.45, 2.75) is 24.9 Å². The van der Waals surface area contributed by atoms with Gasteiger partial charge in [-0.1, -0.05) is 0 Å². The second kappa shape index (κ2) is 9.19. The summed E-state index contributed by atoms with van der Waals surface area (Å²) < 4.78 is 36.9. The Morgan fingerprint density at radius 2 is 2.03 bits per heavy atom. The molecule has 0 unspecified atom stereocenters. The van der Waals surface area contributed by atoms with Crippen molar-refractivity contribution >= 4 is 27.6 Å². The summed E-state index contributed by atoms with van der Waals surface area (Å²) in [6.45, 7) is 3.37. The Hall–Kier alpha value is -2.37. The number of hydrogen-bond donors (Lipinski definition) is 3. The number of sulfonamides is 1. The van der Waals surface area contributed by atoms with Crippen molar-refractivity contribution in [3.05, 3.63) is 23.8 Å². The lowest BCUT2D eigenvalue weighted by Crippen LogP contribution is -2.51. The number of rotatable bonds is 8. The number of piperidine rings is 1. The molecule has 0 aromatic heterocycles. The molecule has 166 valence electrons. The van der Waals surface area contributed by atoms with Crippen LogP contribution in [0.4, 0.5) is 10.5 Å². The van der Waals surface area contributed by atoms with E-state index in [0.717, 1.165) is 25.9 Å². The molecule has 1 aromatic carbocycles. The van der Waals surface area contributed by atoms with Crippen LogP contribution in [0.15, 0.2) is 18.2 Å². The Morgan fingerprint density at radius 3 is 2.70 bits per heavy atom. The van der Waals surface area contributed by atoms with E-state index in [9.17, 15) is 18.0 Å². The zero-order valence-corrected chi connectivity index (χ0v) is 17.7. The van der Waals surface area contributed by atoms with Crippen LogP contribution in [0.5, 0.6) is 5.75 Å². The van der Waals surface area contributed by atoms with Gasteiger partial charge in [0.25, 0.3) is 0 Å². The lowest BCUT2D eigenvalue weighted by Gasteiger charge is -2.44. The highest BCUT2D eigenvalue weighted by Crippen LogP contribution is 2.40. The molecule has 1 spiro atoms. The number of anilines is 1. The van der Waals surface area contributed by atoms with Crippen molar-refractivity contribution in [2.75, 3.05) is 50.4 Å². The summed E-state index contributed by atoms with van der Waals surface area (Å²) in [6, 6.07) is 4.77. The summed E-state index contributed by atoms with van der Waals surface area (Å²) in [4.78, 5) is 25.3. The SMILES string of the molecule is CS(=O)(=O)Nc1ccc2c(c1)C(=O)CC1(CCN(CCOCCNC(=O)O)CC1)O2. The van der Waals surface area contributed by atoms with Crippen LogP contribution in [0.2, 0.25) is 0 Å². The lowest BCUT2D eigenvalue weighted by atomic mass is 9.82. The van der Waals surface area contributed by atoms with Crippen LogP contribution in [0, 0.1) is 0 Å². The largest absolute Gasteiger partial charge is 0.486 e. The number of amides is 1. The number of hydrogen-bond acceptors (Lipinski definition) is 7. The molecule has 3 N–H and O–H groups in total. The third-order valence-corrected chi connectivity index (χ3v) is 5.84. The number of benzene rings is 1. The minimum absolute atomic E-state index is 0.0453. The Labute approximate surface area is 175 Å². The van der Waals surface area contributed by atoms with Crippen molar-refractivity contribution < 1.29 is 32.6 Å². The minimum Gasteiger partial charge on any atom is -0.486 e. The third-order valence-electron chi connectivity index (χ3n) is 5.23. The van der Waals surface area contributed by atoms with E-state index in [1.165, 1.54) is 6.07 Å². The van der Waals surface area contributed by atoms with Gasteiger partial charge in [0.15, 0.2) is 5.78 Å². The number of nitrogens with one attached hydrogen (secondary N) is 2. The average Bonchev–Trinajstić information content (AvgIpc) is 2.65. The van der Waals surface area contributed by atoms with Gasteiger partial charge in [0.05, 0.1) is 31.5 Å². The van der Waals surface area contributed by atoms with E-state index >= 15 is 0 Å². The van der Waals surface area contributed by atoms with Gasteiger partial charge < -0.3 is 24.8 Å². The molecule has 0 aliphatic carbocycles. The van der Waals surface area contributed by atoms with E-state index < -0.39 is 21.7 Å². The second-order valence-corrected chi connectivity index (χ2v) is 9.40. The van der Waals surface area contributed by atoms with Crippen molar-refractivity contribution in [1.29, 1.82) is 0 Å². The molecule has 0 radical (unpaired) electrons. The first-order valence-corrected chi connectivity index (χ1v) is 11.7. The first-order valence-electron chi connectivity index (χ1n) is 9.77. The lowest BCUT2D eigenvalue weighted by molar-refractivity contribution is -0.0147. The van der Waals surface area contributed by atoms with Crippen molar-refractivity contribution in [3.63, 3.8) is 0 Å². The van der Waals surface area contributed by atoms with Gasteiger partial charge in [0, 0.05) is 44.7 Å². The average molecular weight is 442 g/mol. The van der Waals surface area contributed by atoms with E-state index in [4.69, 9.17) is 14.6 Å². The molecule has 1 amide bonds. The molecule has 1 saturated heterocycles. The maximum atomic E-state index is 12.7. The van der Waals surface area contributed by atoms with Gasteiger partial charge in [-0.2, -0.15) is 0 Å². The normalized spacial score (nSPS) is 18.5. The number of ketones is 1. The Bertz CT molecular complexity index is 895. The third kappa shape index (κ3) is 6.07. The number of likely N-dealkylation sites (tertiary alicyclic amines) is 1. The summed E-state index contributed by atoms with van der Waals surface area (Å²) in [5, 5.41) is 10.7. The van der Waals surface area contributed by atoms with Gasteiger partial charge in [-0.3, -0.25) is 9.52 Å². The fourth-order valence-electron chi connectivity index (χ4n) is 3.76. The van der Waals surface area contributed by atoms with Crippen LogP contribution >= 0.6 is 0 Å². The summed E-state index contributed by atoms with van der Waals surface area (Å²) >= 11 is 0. The van der Waals surface area contributed by atoms with Crippen LogP contribution in [0.3, 0.4) is 0 Å². The number of carboxylic acid groups (broad SMARTS) is 1. The zero-order chi connectivity index (χ0) is 21.8. The van der Waals surface area contributed by atoms with Gasteiger partial charge in [0.2, 0.25) is 10.0 Å². The van der Waals surface area contributed by atoms with Gasteiger partial charge >= 0.3 is 6.09 Å². The van der Waals surface area contributed by atoms with E-state index in [1.807, 2.05) is 0 Å². The maximum Gasteiger partial charge on any atom is 0.404 e. The number of nitrogens with zero attached hydrogens (tertiary/aromatic N) is 1. The van der Waals surface area contributed by atoms with Crippen LogP contribution in [0.1, 0.15) is 29.6 Å². The predicted octanol–water partition coefficient (Wildman–Crippen LogP) is 1.14. The number of ether oxygens (including phenoxy) is 2.